The SMILES string of the molecule is COc1ccc(Cl)cc1NS(=O)(=O)c1ccc(OC)c2c1OCC(N(C)C)C2. The number of likely N-dealkylation sites (N-methyl/N-ethyl adjacent to an activating group) is 1. The van der Waals surface area contributed by atoms with Crippen molar-refractivity contribution in [1.29, 1.82) is 0 Å². The van der Waals surface area contributed by atoms with Crippen molar-refractivity contribution in [3.05, 3.63) is 40.9 Å². The molecule has 0 fully saturated rings. The van der Waals surface area contributed by atoms with E-state index in [4.69, 9.17) is 25.8 Å². The van der Waals surface area contributed by atoms with Crippen molar-refractivity contribution in [1.82, 2.24) is 4.90 Å². The summed E-state index contributed by atoms with van der Waals surface area (Å²) in [6.07, 6.45) is 0.620. The molecule has 0 radical (unpaired) electrons. The maximum Gasteiger partial charge on any atom is 0.265 e. The molecule has 3 rings (SSSR count). The Morgan fingerprint density at radius 3 is 2.46 bits per heavy atom. The lowest BCUT2D eigenvalue weighted by atomic mass is 10.0. The molecule has 2 aromatic carbocycles. The number of ether oxygens (including phenoxy) is 3. The summed E-state index contributed by atoms with van der Waals surface area (Å²) in [5.74, 6) is 1.27. The standard InChI is InChI=1S/C19H23ClN2O5S/c1-22(2)13-10-14-16(25-3)7-8-18(19(14)27-11-13)28(23,24)21-15-9-12(20)5-6-17(15)26-4/h5-9,13,21H,10-11H2,1-4H3. The van der Waals surface area contributed by atoms with Crippen LogP contribution in [0.2, 0.25) is 5.02 Å². The lowest BCUT2D eigenvalue weighted by molar-refractivity contribution is 0.159. The van der Waals surface area contributed by atoms with E-state index in [2.05, 4.69) is 4.72 Å². The van der Waals surface area contributed by atoms with Crippen LogP contribution >= 0.6 is 11.6 Å². The fourth-order valence-corrected chi connectivity index (χ4v) is 4.51. The van der Waals surface area contributed by atoms with Gasteiger partial charge in [-0.1, -0.05) is 11.6 Å². The molecule has 0 amide bonds. The van der Waals surface area contributed by atoms with Gasteiger partial charge in [0.2, 0.25) is 0 Å². The van der Waals surface area contributed by atoms with E-state index in [9.17, 15) is 8.42 Å². The molecule has 1 aliphatic rings. The summed E-state index contributed by atoms with van der Waals surface area (Å²) in [6.45, 7) is 0.385. The van der Waals surface area contributed by atoms with Crippen LogP contribution in [0, 0.1) is 0 Å². The monoisotopic (exact) mass is 426 g/mol. The van der Waals surface area contributed by atoms with Crippen LogP contribution in [0.5, 0.6) is 17.2 Å². The number of hydrogen-bond donors (Lipinski definition) is 1. The molecule has 7 nitrogen and oxygen atoms in total. The van der Waals surface area contributed by atoms with Gasteiger partial charge in [-0.3, -0.25) is 4.72 Å². The highest BCUT2D eigenvalue weighted by Crippen LogP contribution is 2.40. The third-order valence-corrected chi connectivity index (χ3v) is 6.31. The molecule has 1 unspecified atom stereocenters. The molecule has 0 aromatic heterocycles. The second kappa shape index (κ2) is 8.06. The van der Waals surface area contributed by atoms with Crippen molar-refractivity contribution >= 4 is 27.3 Å². The Morgan fingerprint density at radius 1 is 1.14 bits per heavy atom. The van der Waals surface area contributed by atoms with Crippen molar-refractivity contribution < 1.29 is 22.6 Å². The topological polar surface area (TPSA) is 77.1 Å². The van der Waals surface area contributed by atoms with Gasteiger partial charge in [-0.2, -0.15) is 0 Å². The van der Waals surface area contributed by atoms with Gasteiger partial charge >= 0.3 is 0 Å². The number of nitrogens with zero attached hydrogens (tertiary/aromatic N) is 1. The van der Waals surface area contributed by atoms with Crippen molar-refractivity contribution in [2.45, 2.75) is 17.4 Å². The zero-order valence-electron chi connectivity index (χ0n) is 16.2. The molecular formula is C19H23ClN2O5S. The summed E-state index contributed by atoms with van der Waals surface area (Å²) in [4.78, 5) is 2.08. The lowest BCUT2D eigenvalue weighted by Gasteiger charge is -2.31. The van der Waals surface area contributed by atoms with E-state index >= 15 is 0 Å². The fourth-order valence-electron chi connectivity index (χ4n) is 3.11. The summed E-state index contributed by atoms with van der Waals surface area (Å²) in [7, 11) is 2.98. The zero-order valence-corrected chi connectivity index (χ0v) is 17.7. The van der Waals surface area contributed by atoms with Crippen LogP contribution in [0.15, 0.2) is 35.2 Å². The zero-order chi connectivity index (χ0) is 20.5. The summed E-state index contributed by atoms with van der Waals surface area (Å²) in [5.41, 5.74) is 0.981. The van der Waals surface area contributed by atoms with E-state index in [0.717, 1.165) is 5.56 Å². The van der Waals surface area contributed by atoms with Crippen molar-refractivity contribution in [3.63, 3.8) is 0 Å². The van der Waals surface area contributed by atoms with Crippen LogP contribution in [0.25, 0.3) is 0 Å². The molecular weight excluding hydrogens is 404 g/mol. The average molecular weight is 427 g/mol. The van der Waals surface area contributed by atoms with Gasteiger partial charge in [0.05, 0.1) is 19.9 Å². The van der Waals surface area contributed by atoms with Crippen molar-refractivity contribution in [2.24, 2.45) is 0 Å². The number of anilines is 1. The molecule has 0 bridgehead atoms. The second-order valence-corrected chi connectivity index (χ2v) is 8.74. The lowest BCUT2D eigenvalue weighted by Crippen LogP contribution is -2.39. The number of rotatable bonds is 6. The first-order valence-corrected chi connectivity index (χ1v) is 10.5. The van der Waals surface area contributed by atoms with Crippen LogP contribution in [-0.4, -0.2) is 54.3 Å². The van der Waals surface area contributed by atoms with Gasteiger partial charge in [0.15, 0.2) is 0 Å². The molecule has 1 heterocycles. The number of nitrogens with one attached hydrogen (secondary N) is 1. The number of methoxy groups -OCH3 is 2. The highest BCUT2D eigenvalue weighted by molar-refractivity contribution is 7.92. The van der Waals surface area contributed by atoms with E-state index in [-0.39, 0.29) is 16.6 Å². The summed E-state index contributed by atoms with van der Waals surface area (Å²) in [5, 5.41) is 0.389. The third kappa shape index (κ3) is 3.99. The van der Waals surface area contributed by atoms with Gasteiger partial charge in [-0.15, -0.1) is 0 Å². The number of sulfonamides is 1. The van der Waals surface area contributed by atoms with Crippen LogP contribution in [0.3, 0.4) is 0 Å². The van der Waals surface area contributed by atoms with Gasteiger partial charge in [-0.05, 0) is 50.8 Å². The van der Waals surface area contributed by atoms with Gasteiger partial charge < -0.3 is 19.1 Å². The molecule has 1 N–H and O–H groups in total. The molecule has 152 valence electrons. The Kier molecular flexibility index (Phi) is 5.92. The van der Waals surface area contributed by atoms with Crippen molar-refractivity contribution in [3.8, 4) is 17.2 Å². The Morgan fingerprint density at radius 2 is 1.82 bits per heavy atom. The van der Waals surface area contributed by atoms with Crippen LogP contribution in [0.4, 0.5) is 5.69 Å². The normalized spacial score (nSPS) is 16.3. The van der Waals surface area contributed by atoms with Gasteiger partial charge in [-0.25, -0.2) is 8.42 Å². The second-order valence-electron chi connectivity index (χ2n) is 6.66. The molecule has 1 aliphatic heterocycles. The Labute approximate surface area is 170 Å². The minimum Gasteiger partial charge on any atom is -0.496 e. The minimum atomic E-state index is -3.95. The third-order valence-electron chi connectivity index (χ3n) is 4.69. The maximum atomic E-state index is 13.1. The highest BCUT2D eigenvalue weighted by Gasteiger charge is 2.31. The molecule has 28 heavy (non-hydrogen) atoms. The molecule has 9 heteroatoms. The maximum absolute atomic E-state index is 13.1. The largest absolute Gasteiger partial charge is 0.496 e. The summed E-state index contributed by atoms with van der Waals surface area (Å²) < 4.78 is 45.3. The molecule has 0 saturated heterocycles. The van der Waals surface area contributed by atoms with Crippen LogP contribution in [-0.2, 0) is 16.4 Å². The quantitative estimate of drug-likeness (QED) is 0.765. The average Bonchev–Trinajstić information content (AvgIpc) is 2.66. The number of hydrogen-bond acceptors (Lipinski definition) is 6. The molecule has 0 saturated carbocycles. The molecule has 0 spiro atoms. The van der Waals surface area contributed by atoms with Gasteiger partial charge in [0.25, 0.3) is 10.0 Å². The minimum absolute atomic E-state index is 0.0440. The van der Waals surface area contributed by atoms with E-state index in [0.29, 0.717) is 35.3 Å². The van der Waals surface area contributed by atoms with Gasteiger partial charge in [0.1, 0.15) is 28.8 Å². The van der Waals surface area contributed by atoms with Crippen LogP contribution in [0.1, 0.15) is 5.56 Å². The van der Waals surface area contributed by atoms with E-state index in [1.54, 1.807) is 25.3 Å². The van der Waals surface area contributed by atoms with Gasteiger partial charge in [0, 0.05) is 16.6 Å². The predicted molar refractivity (Wildman–Crippen MR) is 108 cm³/mol. The predicted octanol–water partition coefficient (Wildman–Crippen LogP) is 3.02. The molecule has 1 atom stereocenters. The Bertz CT molecular complexity index is 979. The summed E-state index contributed by atoms with van der Waals surface area (Å²) in [6, 6.07) is 7.97. The molecule has 2 aromatic rings. The summed E-state index contributed by atoms with van der Waals surface area (Å²) >= 11 is 6.01. The Hall–Kier alpha value is -2.16. The smallest absolute Gasteiger partial charge is 0.265 e. The molecule has 0 aliphatic carbocycles. The van der Waals surface area contributed by atoms with Crippen LogP contribution < -0.4 is 18.9 Å². The van der Waals surface area contributed by atoms with E-state index in [1.165, 1.54) is 19.2 Å². The first-order chi connectivity index (χ1) is 13.3. The van der Waals surface area contributed by atoms with E-state index in [1.807, 2.05) is 19.0 Å². The first kappa shape index (κ1) is 20.6. The number of benzene rings is 2. The van der Waals surface area contributed by atoms with E-state index < -0.39 is 10.0 Å². The number of halogens is 1. The fraction of sp³-hybridized carbons (Fsp3) is 0.368. The Balaban J connectivity index is 2.04. The highest BCUT2D eigenvalue weighted by atomic mass is 35.5. The first-order valence-electron chi connectivity index (χ1n) is 8.62. The number of fused-ring (bicyclic) bond motifs is 1. The van der Waals surface area contributed by atoms with Crippen molar-refractivity contribution in [2.75, 3.05) is 39.6 Å².